The van der Waals surface area contributed by atoms with E-state index in [4.69, 9.17) is 19.6 Å². The predicted octanol–water partition coefficient (Wildman–Crippen LogP) is 2.94. The number of benzene rings is 1. The van der Waals surface area contributed by atoms with Crippen molar-refractivity contribution in [2.45, 2.75) is 11.8 Å². The maximum absolute atomic E-state index is 6.18. The second-order valence-electron chi connectivity index (χ2n) is 4.31. The van der Waals surface area contributed by atoms with Gasteiger partial charge in [0.05, 0.1) is 12.0 Å². The van der Waals surface area contributed by atoms with E-state index in [2.05, 4.69) is 0 Å². The van der Waals surface area contributed by atoms with E-state index in [0.29, 0.717) is 6.79 Å². The van der Waals surface area contributed by atoms with Crippen LogP contribution >= 0.6 is 11.8 Å². The number of furan rings is 1. The standard InChI is InChI=1S/C14H15NO3S/c15-12(8-19-7-11-2-1-5-16-11)10-3-4-13-14(6-10)18-9-17-13/h1-6,12H,7-9,15H2. The van der Waals surface area contributed by atoms with Crippen molar-refractivity contribution in [3.8, 4) is 11.5 Å². The van der Waals surface area contributed by atoms with Crippen LogP contribution in [-0.2, 0) is 5.75 Å². The SMILES string of the molecule is NC(CSCc1ccco1)c1ccc2c(c1)OCO2. The molecule has 2 N–H and O–H groups in total. The van der Waals surface area contributed by atoms with Crippen molar-refractivity contribution in [2.24, 2.45) is 5.73 Å². The highest BCUT2D eigenvalue weighted by Gasteiger charge is 2.16. The molecule has 2 aromatic rings. The summed E-state index contributed by atoms with van der Waals surface area (Å²) in [6, 6.07) is 9.71. The Hall–Kier alpha value is -1.59. The fourth-order valence-electron chi connectivity index (χ4n) is 1.92. The molecule has 0 aliphatic carbocycles. The first-order chi connectivity index (χ1) is 9.33. The Kier molecular flexibility index (Phi) is 3.66. The molecule has 1 aromatic heterocycles. The van der Waals surface area contributed by atoms with Crippen LogP contribution in [0.2, 0.25) is 0 Å². The molecule has 3 rings (SSSR count). The molecule has 0 radical (unpaired) electrons. The maximum Gasteiger partial charge on any atom is 0.231 e. The van der Waals surface area contributed by atoms with Crippen molar-refractivity contribution in [3.63, 3.8) is 0 Å². The molecule has 4 nitrogen and oxygen atoms in total. The average Bonchev–Trinajstić information content (AvgIpc) is 3.08. The molecule has 0 spiro atoms. The lowest BCUT2D eigenvalue weighted by atomic mass is 10.1. The third-order valence-electron chi connectivity index (χ3n) is 2.95. The number of hydrogen-bond donors (Lipinski definition) is 1. The van der Waals surface area contributed by atoms with Crippen LogP contribution in [0.4, 0.5) is 0 Å². The molecule has 1 aliphatic heterocycles. The lowest BCUT2D eigenvalue weighted by molar-refractivity contribution is 0.174. The van der Waals surface area contributed by atoms with Gasteiger partial charge in [-0.1, -0.05) is 6.07 Å². The number of ether oxygens (including phenoxy) is 2. The quantitative estimate of drug-likeness (QED) is 0.910. The van der Waals surface area contributed by atoms with Crippen LogP contribution in [0.1, 0.15) is 17.4 Å². The average molecular weight is 277 g/mol. The number of nitrogens with two attached hydrogens (primary N) is 1. The van der Waals surface area contributed by atoms with Crippen LogP contribution in [0.5, 0.6) is 11.5 Å². The summed E-state index contributed by atoms with van der Waals surface area (Å²) in [6.07, 6.45) is 1.69. The van der Waals surface area contributed by atoms with Crippen LogP contribution in [-0.4, -0.2) is 12.5 Å². The molecule has 0 bridgehead atoms. The zero-order chi connectivity index (χ0) is 13.1. The molecular formula is C14H15NO3S. The minimum absolute atomic E-state index is 0.0190. The monoisotopic (exact) mass is 277 g/mol. The topological polar surface area (TPSA) is 57.6 Å². The fourth-order valence-corrected chi connectivity index (χ4v) is 2.85. The highest BCUT2D eigenvalue weighted by atomic mass is 32.2. The van der Waals surface area contributed by atoms with E-state index >= 15 is 0 Å². The summed E-state index contributed by atoms with van der Waals surface area (Å²) in [7, 11) is 0. The van der Waals surface area contributed by atoms with Gasteiger partial charge in [-0.05, 0) is 29.8 Å². The van der Waals surface area contributed by atoms with E-state index < -0.39 is 0 Å². The van der Waals surface area contributed by atoms with Gasteiger partial charge in [-0.25, -0.2) is 0 Å². The van der Waals surface area contributed by atoms with E-state index in [9.17, 15) is 0 Å². The molecule has 19 heavy (non-hydrogen) atoms. The molecule has 100 valence electrons. The summed E-state index contributed by atoms with van der Waals surface area (Å²) < 4.78 is 15.9. The van der Waals surface area contributed by atoms with Gasteiger partial charge in [0, 0.05) is 11.8 Å². The van der Waals surface area contributed by atoms with Crippen molar-refractivity contribution in [2.75, 3.05) is 12.5 Å². The zero-order valence-electron chi connectivity index (χ0n) is 10.4. The van der Waals surface area contributed by atoms with Gasteiger partial charge >= 0.3 is 0 Å². The Balaban J connectivity index is 1.56. The van der Waals surface area contributed by atoms with Gasteiger partial charge in [0.1, 0.15) is 5.76 Å². The van der Waals surface area contributed by atoms with Crippen molar-refractivity contribution < 1.29 is 13.9 Å². The molecule has 0 saturated heterocycles. The Morgan fingerprint density at radius 3 is 2.95 bits per heavy atom. The molecule has 2 heterocycles. The van der Waals surface area contributed by atoms with Crippen LogP contribution in [0.15, 0.2) is 41.0 Å². The van der Waals surface area contributed by atoms with Gasteiger partial charge < -0.3 is 19.6 Å². The summed E-state index contributed by atoms with van der Waals surface area (Å²) in [5.74, 6) is 4.22. The van der Waals surface area contributed by atoms with Gasteiger partial charge in [-0.15, -0.1) is 0 Å². The van der Waals surface area contributed by atoms with Crippen molar-refractivity contribution >= 4 is 11.8 Å². The predicted molar refractivity (Wildman–Crippen MR) is 74.4 cm³/mol. The van der Waals surface area contributed by atoms with Crippen molar-refractivity contribution in [1.29, 1.82) is 0 Å². The maximum atomic E-state index is 6.18. The molecule has 0 fully saturated rings. The van der Waals surface area contributed by atoms with Crippen molar-refractivity contribution in [3.05, 3.63) is 47.9 Å². The number of fused-ring (bicyclic) bond motifs is 1. The van der Waals surface area contributed by atoms with Gasteiger partial charge in [0.2, 0.25) is 6.79 Å². The lowest BCUT2D eigenvalue weighted by Crippen LogP contribution is -2.13. The molecule has 5 heteroatoms. The highest BCUT2D eigenvalue weighted by molar-refractivity contribution is 7.98. The lowest BCUT2D eigenvalue weighted by Gasteiger charge is -2.11. The Morgan fingerprint density at radius 1 is 1.21 bits per heavy atom. The molecular weight excluding hydrogens is 262 g/mol. The third kappa shape index (κ3) is 2.88. The van der Waals surface area contributed by atoms with Gasteiger partial charge in [-0.3, -0.25) is 0 Å². The Bertz CT molecular complexity index is 542. The summed E-state index contributed by atoms with van der Waals surface area (Å²) in [5, 5.41) is 0. The summed E-state index contributed by atoms with van der Waals surface area (Å²) in [4.78, 5) is 0. The highest BCUT2D eigenvalue weighted by Crippen LogP contribution is 2.34. The van der Waals surface area contributed by atoms with E-state index in [1.807, 2.05) is 30.3 Å². The van der Waals surface area contributed by atoms with Crippen LogP contribution < -0.4 is 15.2 Å². The van der Waals surface area contributed by atoms with Crippen molar-refractivity contribution in [1.82, 2.24) is 0 Å². The minimum Gasteiger partial charge on any atom is -0.468 e. The normalized spacial score (nSPS) is 14.6. The first kappa shape index (κ1) is 12.4. The largest absolute Gasteiger partial charge is 0.468 e. The van der Waals surface area contributed by atoms with E-state index in [-0.39, 0.29) is 6.04 Å². The van der Waals surface area contributed by atoms with E-state index in [0.717, 1.165) is 34.3 Å². The molecule has 1 unspecified atom stereocenters. The van der Waals surface area contributed by atoms with Gasteiger partial charge in [-0.2, -0.15) is 11.8 Å². The first-order valence-electron chi connectivity index (χ1n) is 6.08. The van der Waals surface area contributed by atoms with Crippen LogP contribution in [0.25, 0.3) is 0 Å². The molecule has 0 saturated carbocycles. The summed E-state index contributed by atoms with van der Waals surface area (Å²) in [5.41, 5.74) is 7.25. The van der Waals surface area contributed by atoms with Gasteiger partial charge in [0.25, 0.3) is 0 Å². The van der Waals surface area contributed by atoms with E-state index in [1.165, 1.54) is 0 Å². The molecule has 1 aromatic carbocycles. The number of hydrogen-bond acceptors (Lipinski definition) is 5. The molecule has 0 amide bonds. The summed E-state index contributed by atoms with van der Waals surface area (Å²) >= 11 is 1.76. The Labute approximate surface area is 115 Å². The smallest absolute Gasteiger partial charge is 0.231 e. The summed E-state index contributed by atoms with van der Waals surface area (Å²) in [6.45, 7) is 0.293. The molecule has 1 atom stereocenters. The van der Waals surface area contributed by atoms with Gasteiger partial charge in [0.15, 0.2) is 11.5 Å². The Morgan fingerprint density at radius 2 is 2.11 bits per heavy atom. The second-order valence-corrected chi connectivity index (χ2v) is 5.34. The number of rotatable bonds is 5. The minimum atomic E-state index is -0.0190. The second kappa shape index (κ2) is 5.59. The first-order valence-corrected chi connectivity index (χ1v) is 7.23. The van der Waals surface area contributed by atoms with Crippen LogP contribution in [0, 0.1) is 0 Å². The van der Waals surface area contributed by atoms with Crippen LogP contribution in [0.3, 0.4) is 0 Å². The fraction of sp³-hybridized carbons (Fsp3) is 0.286. The number of thioether (sulfide) groups is 1. The van der Waals surface area contributed by atoms with E-state index in [1.54, 1.807) is 18.0 Å². The zero-order valence-corrected chi connectivity index (χ0v) is 11.2. The molecule has 1 aliphatic rings. The third-order valence-corrected chi connectivity index (χ3v) is 4.03.